The third-order valence-electron chi connectivity index (χ3n) is 3.50. The van der Waals surface area contributed by atoms with Gasteiger partial charge in [0.2, 0.25) is 0 Å². The summed E-state index contributed by atoms with van der Waals surface area (Å²) in [6, 6.07) is 0.990. The minimum Gasteiger partial charge on any atom is -0.390 e. The summed E-state index contributed by atoms with van der Waals surface area (Å²) in [7, 11) is 0. The average Bonchev–Trinajstić information content (AvgIpc) is 2.62. The van der Waals surface area contributed by atoms with Crippen molar-refractivity contribution in [2.45, 2.75) is 37.1 Å². The van der Waals surface area contributed by atoms with E-state index in [1.807, 2.05) is 4.98 Å². The largest absolute Gasteiger partial charge is 0.390 e. The zero-order chi connectivity index (χ0) is 15.1. The van der Waals surface area contributed by atoms with Gasteiger partial charge in [-0.2, -0.15) is 0 Å². The highest BCUT2D eigenvalue weighted by Crippen LogP contribution is 2.46. The molecule has 9 heteroatoms. The van der Waals surface area contributed by atoms with Crippen molar-refractivity contribution in [2.24, 2.45) is 0 Å². The Bertz CT molecular complexity index is 615. The first-order chi connectivity index (χ1) is 9.28. The summed E-state index contributed by atoms with van der Waals surface area (Å²) in [6.45, 7) is 0.268. The molecule has 1 aliphatic rings. The SMILES string of the molecule is CCC1(O)C(n2ccc(=O)[nH]c2=O)OC(F)(CO)C1O. The van der Waals surface area contributed by atoms with Crippen LogP contribution in [0.15, 0.2) is 21.9 Å². The lowest BCUT2D eigenvalue weighted by atomic mass is 9.90. The quantitative estimate of drug-likeness (QED) is 0.522. The number of nitrogens with zero attached hydrogens (tertiary/aromatic N) is 1. The van der Waals surface area contributed by atoms with E-state index in [1.165, 1.54) is 6.92 Å². The first-order valence-corrected chi connectivity index (χ1v) is 5.98. The zero-order valence-electron chi connectivity index (χ0n) is 10.6. The number of nitrogens with one attached hydrogen (secondary N) is 1. The third-order valence-corrected chi connectivity index (χ3v) is 3.50. The highest BCUT2D eigenvalue weighted by molar-refractivity contribution is 5.05. The molecule has 1 aromatic heterocycles. The van der Waals surface area contributed by atoms with Gasteiger partial charge in [-0.25, -0.2) is 9.18 Å². The van der Waals surface area contributed by atoms with Crippen LogP contribution >= 0.6 is 0 Å². The molecule has 8 nitrogen and oxygen atoms in total. The molecule has 1 aromatic rings. The molecule has 0 saturated carbocycles. The molecular formula is C11H15FN2O6. The molecule has 0 bridgehead atoms. The fourth-order valence-electron chi connectivity index (χ4n) is 2.26. The van der Waals surface area contributed by atoms with Crippen molar-refractivity contribution in [3.63, 3.8) is 0 Å². The maximum Gasteiger partial charge on any atom is 0.330 e. The van der Waals surface area contributed by atoms with E-state index in [4.69, 9.17) is 9.84 Å². The molecule has 112 valence electrons. The van der Waals surface area contributed by atoms with Crippen molar-refractivity contribution >= 4 is 0 Å². The summed E-state index contributed by atoms with van der Waals surface area (Å²) in [4.78, 5) is 24.6. The van der Waals surface area contributed by atoms with Gasteiger partial charge in [0.05, 0.1) is 0 Å². The van der Waals surface area contributed by atoms with Gasteiger partial charge in [-0.1, -0.05) is 6.92 Å². The fourth-order valence-corrected chi connectivity index (χ4v) is 2.26. The Labute approximate surface area is 112 Å². The van der Waals surface area contributed by atoms with E-state index in [-0.39, 0.29) is 6.42 Å². The molecule has 2 rings (SSSR count). The molecule has 4 N–H and O–H groups in total. The van der Waals surface area contributed by atoms with E-state index in [2.05, 4.69) is 0 Å². The predicted octanol–water partition coefficient (Wildman–Crippen LogP) is -1.77. The Hall–Kier alpha value is -1.55. The Balaban J connectivity index is 2.55. The molecule has 0 aromatic carbocycles. The lowest BCUT2D eigenvalue weighted by molar-refractivity contribution is -0.207. The Morgan fingerprint density at radius 2 is 2.20 bits per heavy atom. The number of halogens is 1. The Morgan fingerprint density at radius 1 is 1.55 bits per heavy atom. The maximum atomic E-state index is 14.2. The number of ether oxygens (including phenoxy) is 1. The summed E-state index contributed by atoms with van der Waals surface area (Å²) in [6.07, 6.45) is -2.75. The van der Waals surface area contributed by atoms with Crippen LogP contribution in [0, 0.1) is 0 Å². The minimum atomic E-state index is -2.90. The van der Waals surface area contributed by atoms with Crippen LogP contribution in [0.4, 0.5) is 4.39 Å². The number of H-pyrrole nitrogens is 1. The van der Waals surface area contributed by atoms with Gasteiger partial charge in [-0.15, -0.1) is 0 Å². The van der Waals surface area contributed by atoms with Gasteiger partial charge in [-0.05, 0) is 6.42 Å². The maximum absolute atomic E-state index is 14.2. The highest BCUT2D eigenvalue weighted by Gasteiger charge is 2.64. The summed E-state index contributed by atoms with van der Waals surface area (Å²) in [5.74, 6) is -2.90. The Kier molecular flexibility index (Phi) is 3.54. The molecule has 1 aliphatic heterocycles. The third kappa shape index (κ3) is 1.99. The van der Waals surface area contributed by atoms with Crippen molar-refractivity contribution in [3.8, 4) is 0 Å². The van der Waals surface area contributed by atoms with Gasteiger partial charge in [0.25, 0.3) is 11.4 Å². The van der Waals surface area contributed by atoms with E-state index in [9.17, 15) is 24.2 Å². The second-order valence-electron chi connectivity index (χ2n) is 4.68. The standard InChI is InChI=1S/C11H15FN2O6/c1-2-10(19)7(17)11(12,5-15)20-8(10)14-4-3-6(16)13-9(14)18/h3-4,7-8,15,17,19H,2,5H2,1H3,(H,13,16,18). The second-order valence-corrected chi connectivity index (χ2v) is 4.68. The van der Waals surface area contributed by atoms with E-state index < -0.39 is 41.6 Å². The molecule has 1 saturated heterocycles. The van der Waals surface area contributed by atoms with E-state index in [1.54, 1.807) is 0 Å². The molecular weight excluding hydrogens is 275 g/mol. The van der Waals surface area contributed by atoms with Gasteiger partial charge in [0, 0.05) is 12.3 Å². The van der Waals surface area contributed by atoms with Crippen molar-refractivity contribution < 1.29 is 24.4 Å². The minimum absolute atomic E-state index is 0.143. The molecule has 2 heterocycles. The molecule has 20 heavy (non-hydrogen) atoms. The monoisotopic (exact) mass is 290 g/mol. The number of rotatable bonds is 3. The summed E-state index contributed by atoms with van der Waals surface area (Å²) < 4.78 is 19.8. The van der Waals surface area contributed by atoms with Crippen LogP contribution in [-0.4, -0.2) is 49.0 Å². The van der Waals surface area contributed by atoms with Crippen LogP contribution in [0.3, 0.4) is 0 Å². The predicted molar refractivity (Wildman–Crippen MR) is 63.6 cm³/mol. The Morgan fingerprint density at radius 3 is 2.70 bits per heavy atom. The highest BCUT2D eigenvalue weighted by atomic mass is 19.2. The van der Waals surface area contributed by atoms with Crippen LogP contribution in [0.25, 0.3) is 0 Å². The number of aromatic amines is 1. The normalized spacial score (nSPS) is 37.2. The van der Waals surface area contributed by atoms with Crippen LogP contribution < -0.4 is 11.2 Å². The molecule has 0 spiro atoms. The molecule has 1 fully saturated rings. The lowest BCUT2D eigenvalue weighted by Crippen LogP contribution is -2.51. The number of aliphatic hydroxyl groups is 3. The molecule has 0 amide bonds. The number of aliphatic hydroxyl groups excluding tert-OH is 2. The molecule has 0 aliphatic carbocycles. The van der Waals surface area contributed by atoms with E-state index >= 15 is 0 Å². The van der Waals surface area contributed by atoms with Crippen LogP contribution in [0.2, 0.25) is 0 Å². The van der Waals surface area contributed by atoms with Crippen LogP contribution in [-0.2, 0) is 4.74 Å². The number of hydrogen-bond donors (Lipinski definition) is 4. The van der Waals surface area contributed by atoms with Gasteiger partial charge < -0.3 is 20.1 Å². The van der Waals surface area contributed by atoms with Crippen LogP contribution in [0.1, 0.15) is 19.6 Å². The molecule has 0 radical (unpaired) electrons. The van der Waals surface area contributed by atoms with Crippen molar-refractivity contribution in [1.82, 2.24) is 9.55 Å². The number of aromatic nitrogens is 2. The van der Waals surface area contributed by atoms with Crippen molar-refractivity contribution in [2.75, 3.05) is 6.61 Å². The lowest BCUT2D eigenvalue weighted by Gasteiger charge is -2.30. The topological polar surface area (TPSA) is 125 Å². The summed E-state index contributed by atoms with van der Waals surface area (Å²) in [5, 5.41) is 29.2. The van der Waals surface area contributed by atoms with Gasteiger partial charge in [0.1, 0.15) is 18.3 Å². The summed E-state index contributed by atoms with van der Waals surface area (Å²) >= 11 is 0. The second kappa shape index (κ2) is 4.77. The van der Waals surface area contributed by atoms with Gasteiger partial charge >= 0.3 is 5.69 Å². The van der Waals surface area contributed by atoms with Crippen molar-refractivity contribution in [3.05, 3.63) is 33.1 Å². The smallest absolute Gasteiger partial charge is 0.330 e. The first kappa shape index (κ1) is 14.9. The summed E-state index contributed by atoms with van der Waals surface area (Å²) in [5.41, 5.74) is -3.72. The number of alkyl halides is 1. The average molecular weight is 290 g/mol. The van der Waals surface area contributed by atoms with Gasteiger partial charge in [-0.3, -0.25) is 14.3 Å². The zero-order valence-corrected chi connectivity index (χ0v) is 10.6. The number of hydrogen-bond acceptors (Lipinski definition) is 6. The first-order valence-electron chi connectivity index (χ1n) is 5.98. The molecule has 4 atom stereocenters. The fraction of sp³-hybridized carbons (Fsp3) is 0.636. The van der Waals surface area contributed by atoms with Gasteiger partial charge in [0.15, 0.2) is 6.23 Å². The van der Waals surface area contributed by atoms with Crippen LogP contribution in [0.5, 0.6) is 0 Å². The molecule has 4 unspecified atom stereocenters. The van der Waals surface area contributed by atoms with Crippen molar-refractivity contribution in [1.29, 1.82) is 0 Å². The van der Waals surface area contributed by atoms with E-state index in [0.717, 1.165) is 16.8 Å². The van der Waals surface area contributed by atoms with E-state index in [0.29, 0.717) is 0 Å².